The number of sulfone groups is 1. The highest BCUT2D eigenvalue weighted by Crippen LogP contribution is 2.26. The molecule has 21 heavy (non-hydrogen) atoms. The van der Waals surface area contributed by atoms with E-state index in [-0.39, 0.29) is 4.90 Å². The van der Waals surface area contributed by atoms with Crippen LogP contribution in [0, 0.1) is 0 Å². The van der Waals surface area contributed by atoms with Crippen molar-refractivity contribution in [1.82, 2.24) is 0 Å². The Bertz CT molecular complexity index is 735. The Morgan fingerprint density at radius 2 is 1.76 bits per heavy atom. The van der Waals surface area contributed by atoms with Crippen LogP contribution in [-0.2, 0) is 9.84 Å². The maximum Gasteiger partial charge on any atom is 0.199 e. The van der Waals surface area contributed by atoms with Gasteiger partial charge in [-0.05, 0) is 35.7 Å². The minimum atomic E-state index is -3.45. The molecular formula is C17H19NO2S. The number of nitrogen functional groups attached to an aromatic ring is 1. The van der Waals surface area contributed by atoms with Crippen LogP contribution in [-0.4, -0.2) is 8.42 Å². The monoisotopic (exact) mass is 301 g/mol. The summed E-state index contributed by atoms with van der Waals surface area (Å²) in [6.07, 6.45) is 3.34. The maximum atomic E-state index is 12.3. The topological polar surface area (TPSA) is 60.2 Å². The van der Waals surface area contributed by atoms with Gasteiger partial charge in [0.2, 0.25) is 0 Å². The lowest BCUT2D eigenvalue weighted by Gasteiger charge is -2.07. The zero-order valence-electron chi connectivity index (χ0n) is 12.0. The number of benzene rings is 2. The van der Waals surface area contributed by atoms with Gasteiger partial charge in [-0.3, -0.25) is 0 Å². The van der Waals surface area contributed by atoms with Crippen LogP contribution in [0.4, 0.5) is 5.69 Å². The van der Waals surface area contributed by atoms with Gasteiger partial charge in [0.1, 0.15) is 0 Å². The quantitative estimate of drug-likeness (QED) is 0.848. The number of nitrogens with two attached hydrogens (primary N) is 1. The van der Waals surface area contributed by atoms with Crippen molar-refractivity contribution in [3.8, 4) is 11.1 Å². The van der Waals surface area contributed by atoms with Gasteiger partial charge in [0.25, 0.3) is 0 Å². The van der Waals surface area contributed by atoms with Gasteiger partial charge in [-0.25, -0.2) is 8.42 Å². The summed E-state index contributed by atoms with van der Waals surface area (Å²) in [7, 11) is -3.45. The predicted octanol–water partition coefficient (Wildman–Crippen LogP) is 4.02. The van der Waals surface area contributed by atoms with Gasteiger partial charge in [0.15, 0.2) is 9.84 Å². The number of hydrogen-bond acceptors (Lipinski definition) is 3. The summed E-state index contributed by atoms with van der Waals surface area (Å²) in [6, 6.07) is 14.5. The average molecular weight is 301 g/mol. The van der Waals surface area contributed by atoms with Crippen molar-refractivity contribution in [1.29, 1.82) is 0 Å². The Balaban J connectivity index is 2.45. The van der Waals surface area contributed by atoms with E-state index < -0.39 is 9.84 Å². The highest BCUT2D eigenvalue weighted by Gasteiger charge is 2.12. The molecule has 2 N–H and O–H groups in total. The van der Waals surface area contributed by atoms with Crippen molar-refractivity contribution in [2.45, 2.75) is 24.7 Å². The molecule has 0 atom stereocenters. The zero-order chi connectivity index (χ0) is 15.3. The Morgan fingerprint density at radius 1 is 1.05 bits per heavy atom. The summed E-state index contributed by atoms with van der Waals surface area (Å²) in [4.78, 5) is 0.230. The molecule has 0 aliphatic heterocycles. The molecule has 0 bridgehead atoms. The first-order valence-electron chi connectivity index (χ1n) is 6.90. The van der Waals surface area contributed by atoms with Crippen LogP contribution >= 0.6 is 0 Å². The Morgan fingerprint density at radius 3 is 2.43 bits per heavy atom. The molecule has 0 saturated carbocycles. The largest absolute Gasteiger partial charge is 0.399 e. The van der Waals surface area contributed by atoms with E-state index in [0.29, 0.717) is 5.69 Å². The van der Waals surface area contributed by atoms with Gasteiger partial charge in [0, 0.05) is 11.1 Å². The summed E-state index contributed by atoms with van der Waals surface area (Å²) in [6.45, 7) is 2.00. The zero-order valence-corrected chi connectivity index (χ0v) is 12.8. The fraction of sp³-hybridized carbons (Fsp3) is 0.176. The fourth-order valence-electron chi connectivity index (χ4n) is 2.02. The van der Waals surface area contributed by atoms with Crippen LogP contribution in [0.15, 0.2) is 64.9 Å². The van der Waals surface area contributed by atoms with E-state index in [4.69, 9.17) is 5.73 Å². The standard InChI is InChI=1S/C17H19NO2S/c1-2-3-7-10-21(19,20)17-12-15(11-16(18)13-17)14-8-5-4-6-9-14/h4-13H,2-3,18H2,1H3/b10-7+. The summed E-state index contributed by atoms with van der Waals surface area (Å²) in [5, 5.41) is 1.26. The number of anilines is 1. The first kappa shape index (κ1) is 15.3. The van der Waals surface area contributed by atoms with Crippen LogP contribution in [0.2, 0.25) is 0 Å². The van der Waals surface area contributed by atoms with Crippen LogP contribution in [0.5, 0.6) is 0 Å². The summed E-state index contributed by atoms with van der Waals surface area (Å²) >= 11 is 0. The van der Waals surface area contributed by atoms with Gasteiger partial charge in [-0.2, -0.15) is 0 Å². The van der Waals surface area contributed by atoms with Gasteiger partial charge in [0.05, 0.1) is 4.90 Å². The minimum Gasteiger partial charge on any atom is -0.399 e. The van der Waals surface area contributed by atoms with Crippen molar-refractivity contribution in [3.05, 3.63) is 60.0 Å². The lowest BCUT2D eigenvalue weighted by molar-refractivity contribution is 0.604. The normalized spacial score (nSPS) is 11.9. The summed E-state index contributed by atoms with van der Waals surface area (Å²) in [5.41, 5.74) is 8.05. The highest BCUT2D eigenvalue weighted by molar-refractivity contribution is 7.94. The Hall–Kier alpha value is -2.07. The van der Waals surface area contributed by atoms with Crippen LogP contribution in [0.1, 0.15) is 19.8 Å². The van der Waals surface area contributed by atoms with E-state index in [2.05, 4.69) is 0 Å². The molecule has 2 rings (SSSR count). The summed E-state index contributed by atoms with van der Waals surface area (Å²) in [5.74, 6) is 0. The average Bonchev–Trinajstić information content (AvgIpc) is 2.48. The molecule has 0 heterocycles. The van der Waals surface area contributed by atoms with Crippen molar-refractivity contribution >= 4 is 15.5 Å². The molecular weight excluding hydrogens is 282 g/mol. The van der Waals surface area contributed by atoms with Gasteiger partial charge < -0.3 is 5.73 Å². The predicted molar refractivity (Wildman–Crippen MR) is 87.5 cm³/mol. The van der Waals surface area contributed by atoms with Crippen molar-refractivity contribution < 1.29 is 8.42 Å². The molecule has 0 fully saturated rings. The van der Waals surface area contributed by atoms with E-state index in [1.165, 1.54) is 11.5 Å². The smallest absolute Gasteiger partial charge is 0.199 e. The molecule has 0 aliphatic carbocycles. The van der Waals surface area contributed by atoms with Crippen molar-refractivity contribution in [2.24, 2.45) is 0 Å². The molecule has 3 nitrogen and oxygen atoms in total. The fourth-order valence-corrected chi connectivity index (χ4v) is 3.16. The van der Waals surface area contributed by atoms with Crippen molar-refractivity contribution in [3.63, 3.8) is 0 Å². The van der Waals surface area contributed by atoms with E-state index >= 15 is 0 Å². The van der Waals surface area contributed by atoms with E-state index in [1.807, 2.05) is 37.3 Å². The van der Waals surface area contributed by atoms with Crippen molar-refractivity contribution in [2.75, 3.05) is 5.73 Å². The molecule has 0 radical (unpaired) electrons. The highest BCUT2D eigenvalue weighted by atomic mass is 32.2. The first-order chi connectivity index (χ1) is 10.0. The Kier molecular flexibility index (Phi) is 4.81. The third-order valence-electron chi connectivity index (χ3n) is 3.10. The van der Waals surface area contributed by atoms with Gasteiger partial charge >= 0.3 is 0 Å². The second-order valence-corrected chi connectivity index (χ2v) is 6.70. The number of allylic oxidation sites excluding steroid dienone is 1. The molecule has 0 saturated heterocycles. The molecule has 0 unspecified atom stereocenters. The van der Waals surface area contributed by atoms with E-state index in [1.54, 1.807) is 18.2 Å². The van der Waals surface area contributed by atoms with E-state index in [9.17, 15) is 8.42 Å². The van der Waals surface area contributed by atoms with E-state index in [0.717, 1.165) is 24.0 Å². The third-order valence-corrected chi connectivity index (χ3v) is 4.54. The molecule has 0 aliphatic rings. The number of hydrogen-bond donors (Lipinski definition) is 1. The molecule has 4 heteroatoms. The third kappa shape index (κ3) is 3.95. The molecule has 0 aromatic heterocycles. The van der Waals surface area contributed by atoms with Crippen LogP contribution in [0.3, 0.4) is 0 Å². The molecule has 110 valence electrons. The molecule has 0 spiro atoms. The molecule has 2 aromatic carbocycles. The molecule has 2 aromatic rings. The molecule has 0 amide bonds. The number of rotatable bonds is 5. The first-order valence-corrected chi connectivity index (χ1v) is 8.45. The van der Waals surface area contributed by atoms with Gasteiger partial charge in [-0.15, -0.1) is 0 Å². The second-order valence-electron chi connectivity index (χ2n) is 4.86. The minimum absolute atomic E-state index is 0.230. The second kappa shape index (κ2) is 6.59. The van der Waals surface area contributed by atoms with Crippen LogP contribution in [0.25, 0.3) is 11.1 Å². The SMILES string of the molecule is CCC/C=C/S(=O)(=O)c1cc(N)cc(-c2ccccc2)c1. The maximum absolute atomic E-state index is 12.3. The lowest BCUT2D eigenvalue weighted by Crippen LogP contribution is -1.99. The summed E-state index contributed by atoms with van der Waals surface area (Å²) < 4.78 is 24.6. The van der Waals surface area contributed by atoms with Gasteiger partial charge in [-0.1, -0.05) is 49.8 Å². The van der Waals surface area contributed by atoms with Crippen LogP contribution < -0.4 is 5.73 Å². The lowest BCUT2D eigenvalue weighted by atomic mass is 10.1. The Labute approximate surface area is 126 Å². The number of unbranched alkanes of at least 4 members (excludes halogenated alkanes) is 1.